The van der Waals surface area contributed by atoms with Gasteiger partial charge in [-0.15, -0.1) is 11.8 Å². The zero-order valence-corrected chi connectivity index (χ0v) is 12.5. The van der Waals surface area contributed by atoms with Crippen molar-refractivity contribution >= 4 is 23.5 Å². The van der Waals surface area contributed by atoms with E-state index < -0.39 is 0 Å². The van der Waals surface area contributed by atoms with Gasteiger partial charge < -0.3 is 10.2 Å². The number of nitrogens with one attached hydrogen (secondary N) is 1. The van der Waals surface area contributed by atoms with Crippen molar-refractivity contribution in [3.63, 3.8) is 0 Å². The second kappa shape index (κ2) is 7.45. The van der Waals surface area contributed by atoms with Gasteiger partial charge in [-0.3, -0.25) is 9.59 Å². The van der Waals surface area contributed by atoms with Crippen LogP contribution in [-0.4, -0.2) is 54.3 Å². The molecule has 5 heteroatoms. The molecule has 0 aromatic heterocycles. The Morgan fingerprint density at radius 3 is 2.70 bits per heavy atom. The maximum absolute atomic E-state index is 12.0. The SMILES string of the molecule is CN(C(=O)CSCC(=O)c1ccccc1)C1CCNC1. The fraction of sp³-hybridized carbons (Fsp3) is 0.467. The zero-order chi connectivity index (χ0) is 14.4. The van der Waals surface area contributed by atoms with E-state index in [9.17, 15) is 9.59 Å². The Kier molecular flexibility index (Phi) is 5.61. The number of hydrogen-bond donors (Lipinski definition) is 1. The molecule has 1 N–H and O–H groups in total. The van der Waals surface area contributed by atoms with Crippen molar-refractivity contribution < 1.29 is 9.59 Å². The predicted molar refractivity (Wildman–Crippen MR) is 82.1 cm³/mol. The molecule has 1 aliphatic rings. The third kappa shape index (κ3) is 4.08. The number of ketones is 1. The summed E-state index contributed by atoms with van der Waals surface area (Å²) in [5.41, 5.74) is 0.709. The molecule has 1 heterocycles. The summed E-state index contributed by atoms with van der Waals surface area (Å²) in [7, 11) is 1.85. The Labute approximate surface area is 123 Å². The molecule has 1 aliphatic heterocycles. The molecule has 0 spiro atoms. The summed E-state index contributed by atoms with van der Waals surface area (Å²) in [4.78, 5) is 25.7. The monoisotopic (exact) mass is 292 g/mol. The molecule has 0 bridgehead atoms. The van der Waals surface area contributed by atoms with Crippen LogP contribution in [0.25, 0.3) is 0 Å². The smallest absolute Gasteiger partial charge is 0.232 e. The third-order valence-electron chi connectivity index (χ3n) is 3.53. The summed E-state index contributed by atoms with van der Waals surface area (Å²) in [6, 6.07) is 9.50. The van der Waals surface area contributed by atoms with E-state index in [-0.39, 0.29) is 11.7 Å². The van der Waals surface area contributed by atoms with Gasteiger partial charge in [-0.25, -0.2) is 0 Å². The molecule has 2 rings (SSSR count). The van der Waals surface area contributed by atoms with E-state index in [2.05, 4.69) is 5.32 Å². The average Bonchev–Trinajstić information content (AvgIpc) is 3.01. The minimum absolute atomic E-state index is 0.0774. The van der Waals surface area contributed by atoms with Crippen LogP contribution in [0.15, 0.2) is 30.3 Å². The molecule has 0 radical (unpaired) electrons. The summed E-state index contributed by atoms with van der Waals surface area (Å²) in [5.74, 6) is 0.899. The molecule has 1 aromatic rings. The minimum Gasteiger partial charge on any atom is -0.341 e. The van der Waals surface area contributed by atoms with Crippen LogP contribution in [-0.2, 0) is 4.79 Å². The van der Waals surface area contributed by atoms with E-state index in [1.54, 1.807) is 17.0 Å². The molecular weight excluding hydrogens is 272 g/mol. The van der Waals surface area contributed by atoms with Crippen molar-refractivity contribution in [3.8, 4) is 0 Å². The first-order chi connectivity index (χ1) is 9.68. The van der Waals surface area contributed by atoms with Crippen molar-refractivity contribution in [1.82, 2.24) is 10.2 Å². The predicted octanol–water partition coefficient (Wildman–Crippen LogP) is 1.42. The largest absolute Gasteiger partial charge is 0.341 e. The highest BCUT2D eigenvalue weighted by atomic mass is 32.2. The number of carbonyl (C=O) groups excluding carboxylic acids is 2. The quantitative estimate of drug-likeness (QED) is 0.806. The first-order valence-corrected chi connectivity index (χ1v) is 7.96. The molecule has 0 saturated carbocycles. The Morgan fingerprint density at radius 1 is 1.30 bits per heavy atom. The van der Waals surface area contributed by atoms with Crippen LogP contribution < -0.4 is 5.32 Å². The summed E-state index contributed by atoms with van der Waals surface area (Å²) in [6.07, 6.45) is 1.01. The van der Waals surface area contributed by atoms with Gasteiger partial charge in [0.15, 0.2) is 5.78 Å². The van der Waals surface area contributed by atoms with Crippen LogP contribution >= 0.6 is 11.8 Å². The van der Waals surface area contributed by atoms with E-state index in [1.165, 1.54) is 11.8 Å². The Bertz CT molecular complexity index is 458. The lowest BCUT2D eigenvalue weighted by Crippen LogP contribution is -2.39. The Balaban J connectivity index is 1.72. The molecule has 1 unspecified atom stereocenters. The fourth-order valence-corrected chi connectivity index (χ4v) is 3.05. The number of amides is 1. The second-order valence-corrected chi connectivity index (χ2v) is 5.92. The minimum atomic E-state index is 0.0774. The number of thioether (sulfide) groups is 1. The normalized spacial score (nSPS) is 17.9. The fourth-order valence-electron chi connectivity index (χ4n) is 2.21. The number of nitrogens with zero attached hydrogens (tertiary/aromatic N) is 1. The molecule has 1 aromatic carbocycles. The van der Waals surface area contributed by atoms with E-state index in [0.717, 1.165) is 19.5 Å². The van der Waals surface area contributed by atoms with E-state index in [0.29, 0.717) is 23.1 Å². The van der Waals surface area contributed by atoms with Gasteiger partial charge in [-0.1, -0.05) is 30.3 Å². The molecule has 20 heavy (non-hydrogen) atoms. The highest BCUT2D eigenvalue weighted by Crippen LogP contribution is 2.11. The Hall–Kier alpha value is -1.33. The van der Waals surface area contributed by atoms with E-state index in [4.69, 9.17) is 0 Å². The number of rotatable bonds is 6. The lowest BCUT2D eigenvalue weighted by Gasteiger charge is -2.23. The average molecular weight is 292 g/mol. The maximum Gasteiger partial charge on any atom is 0.232 e. The number of hydrogen-bond acceptors (Lipinski definition) is 4. The van der Waals surface area contributed by atoms with Gasteiger partial charge in [0.05, 0.1) is 11.5 Å². The number of benzene rings is 1. The lowest BCUT2D eigenvalue weighted by atomic mass is 10.2. The highest BCUT2D eigenvalue weighted by Gasteiger charge is 2.22. The number of Topliss-reactive ketones (excluding diaryl/α,β-unsaturated/α-hetero) is 1. The van der Waals surface area contributed by atoms with Gasteiger partial charge >= 0.3 is 0 Å². The molecule has 1 atom stereocenters. The lowest BCUT2D eigenvalue weighted by molar-refractivity contribution is -0.128. The van der Waals surface area contributed by atoms with E-state index >= 15 is 0 Å². The second-order valence-electron chi connectivity index (χ2n) is 4.93. The van der Waals surface area contributed by atoms with Crippen molar-refractivity contribution in [2.45, 2.75) is 12.5 Å². The van der Waals surface area contributed by atoms with Crippen LogP contribution in [0.5, 0.6) is 0 Å². The van der Waals surface area contributed by atoms with Crippen LogP contribution in [0.1, 0.15) is 16.8 Å². The highest BCUT2D eigenvalue weighted by molar-refractivity contribution is 8.00. The first-order valence-electron chi connectivity index (χ1n) is 6.81. The molecule has 1 fully saturated rings. The van der Waals surface area contributed by atoms with Crippen LogP contribution in [0.3, 0.4) is 0 Å². The van der Waals surface area contributed by atoms with Crippen LogP contribution in [0.4, 0.5) is 0 Å². The van der Waals surface area contributed by atoms with Crippen LogP contribution in [0, 0.1) is 0 Å². The van der Waals surface area contributed by atoms with Gasteiger partial charge in [0.25, 0.3) is 0 Å². The summed E-state index contributed by atoms with van der Waals surface area (Å²) in [6.45, 7) is 1.85. The molecule has 4 nitrogen and oxygen atoms in total. The first kappa shape index (κ1) is 15.1. The zero-order valence-electron chi connectivity index (χ0n) is 11.7. The molecular formula is C15H20N2O2S. The van der Waals surface area contributed by atoms with Gasteiger partial charge in [-0.05, 0) is 13.0 Å². The van der Waals surface area contributed by atoms with Crippen LogP contribution in [0.2, 0.25) is 0 Å². The standard InChI is InChI=1S/C15H20N2O2S/c1-17(13-7-8-16-9-13)15(19)11-20-10-14(18)12-5-3-2-4-6-12/h2-6,13,16H,7-11H2,1H3. The maximum atomic E-state index is 12.0. The van der Waals surface area contributed by atoms with Gasteiger partial charge in [-0.2, -0.15) is 0 Å². The van der Waals surface area contributed by atoms with Crippen molar-refractivity contribution in [3.05, 3.63) is 35.9 Å². The summed E-state index contributed by atoms with van der Waals surface area (Å²) < 4.78 is 0. The van der Waals surface area contributed by atoms with Crippen molar-refractivity contribution in [1.29, 1.82) is 0 Å². The number of likely N-dealkylation sites (N-methyl/N-ethyl adjacent to an activating group) is 1. The molecule has 1 saturated heterocycles. The van der Waals surface area contributed by atoms with Gasteiger partial charge in [0.1, 0.15) is 0 Å². The topological polar surface area (TPSA) is 49.4 Å². The molecule has 0 aliphatic carbocycles. The van der Waals surface area contributed by atoms with E-state index in [1.807, 2.05) is 25.2 Å². The Morgan fingerprint density at radius 2 is 2.05 bits per heavy atom. The van der Waals surface area contributed by atoms with Gasteiger partial charge in [0.2, 0.25) is 5.91 Å². The molecule has 1 amide bonds. The molecule has 108 valence electrons. The number of carbonyl (C=O) groups is 2. The summed E-state index contributed by atoms with van der Waals surface area (Å²) >= 11 is 1.39. The van der Waals surface area contributed by atoms with Crippen molar-refractivity contribution in [2.24, 2.45) is 0 Å². The third-order valence-corrected chi connectivity index (χ3v) is 4.45. The van der Waals surface area contributed by atoms with Gasteiger partial charge in [0, 0.05) is 25.2 Å². The summed E-state index contributed by atoms with van der Waals surface area (Å²) in [5, 5.41) is 3.25. The van der Waals surface area contributed by atoms with Crippen molar-refractivity contribution in [2.75, 3.05) is 31.6 Å².